The lowest BCUT2D eigenvalue weighted by molar-refractivity contribution is -0.137. The first-order valence-electron chi connectivity index (χ1n) is 4.66. The summed E-state index contributed by atoms with van der Waals surface area (Å²) in [5.41, 5.74) is 0. The molecule has 0 atom stereocenters. The summed E-state index contributed by atoms with van der Waals surface area (Å²) < 4.78 is 25.4. The maximum Gasteiger partial charge on any atom is 0.318 e. The zero-order valence-electron chi connectivity index (χ0n) is 9.25. The van der Waals surface area contributed by atoms with Gasteiger partial charge in [0.05, 0.1) is 6.07 Å². The number of carboxylic acid groups (broad SMARTS) is 1. The van der Waals surface area contributed by atoms with Crippen molar-refractivity contribution >= 4 is 16.2 Å². The third-order valence-electron chi connectivity index (χ3n) is 1.90. The minimum Gasteiger partial charge on any atom is -0.480 e. The summed E-state index contributed by atoms with van der Waals surface area (Å²) in [5, 5.41) is 16.9. The van der Waals surface area contributed by atoms with E-state index in [1.165, 1.54) is 7.05 Å². The number of hydrogen-bond donors (Lipinski definition) is 1. The molecule has 0 rings (SSSR count). The molecule has 0 bridgehead atoms. The highest BCUT2D eigenvalue weighted by atomic mass is 32.2. The molecule has 0 aromatic carbocycles. The summed E-state index contributed by atoms with van der Waals surface area (Å²) in [5.74, 6) is -1.22. The van der Waals surface area contributed by atoms with Gasteiger partial charge in [-0.25, -0.2) is 0 Å². The molecule has 0 aromatic rings. The van der Waals surface area contributed by atoms with E-state index in [1.54, 1.807) is 6.92 Å². The average Bonchev–Trinajstić information content (AvgIpc) is 2.17. The van der Waals surface area contributed by atoms with Crippen molar-refractivity contribution in [1.82, 2.24) is 8.61 Å². The van der Waals surface area contributed by atoms with Gasteiger partial charge in [0.15, 0.2) is 0 Å². The smallest absolute Gasteiger partial charge is 0.318 e. The monoisotopic (exact) mass is 249 g/mol. The fourth-order valence-electron chi connectivity index (χ4n) is 1.08. The molecule has 0 heterocycles. The van der Waals surface area contributed by atoms with Crippen LogP contribution in [0.25, 0.3) is 0 Å². The third kappa shape index (κ3) is 4.14. The highest BCUT2D eigenvalue weighted by Gasteiger charge is 2.26. The second-order valence-corrected chi connectivity index (χ2v) is 5.09. The minimum absolute atomic E-state index is 0.0687. The van der Waals surface area contributed by atoms with Crippen LogP contribution in [0.2, 0.25) is 0 Å². The summed E-state index contributed by atoms with van der Waals surface area (Å²) in [6, 6.07) is 1.84. The number of hydrogen-bond acceptors (Lipinski definition) is 4. The average molecular weight is 249 g/mol. The molecule has 0 spiro atoms. The van der Waals surface area contributed by atoms with Gasteiger partial charge in [0.1, 0.15) is 6.54 Å². The Bertz CT molecular complexity index is 373. The maximum absolute atomic E-state index is 11.8. The lowest BCUT2D eigenvalue weighted by Crippen LogP contribution is -2.44. The van der Waals surface area contributed by atoms with Gasteiger partial charge in [0.25, 0.3) is 10.2 Å². The van der Waals surface area contributed by atoms with Crippen molar-refractivity contribution in [1.29, 1.82) is 5.26 Å². The van der Waals surface area contributed by atoms with Crippen molar-refractivity contribution in [2.45, 2.75) is 13.3 Å². The van der Waals surface area contributed by atoms with Gasteiger partial charge >= 0.3 is 5.97 Å². The number of carboxylic acids is 1. The number of likely N-dealkylation sites (N-methyl/N-ethyl adjacent to an activating group) is 1. The summed E-state index contributed by atoms with van der Waals surface area (Å²) in [6.45, 7) is 1.31. The van der Waals surface area contributed by atoms with Crippen LogP contribution in [0.4, 0.5) is 0 Å². The molecule has 0 unspecified atom stereocenters. The molecule has 1 N–H and O–H groups in total. The van der Waals surface area contributed by atoms with E-state index in [0.717, 1.165) is 8.61 Å². The Morgan fingerprint density at radius 3 is 2.44 bits per heavy atom. The van der Waals surface area contributed by atoms with Gasteiger partial charge in [0, 0.05) is 26.6 Å². The van der Waals surface area contributed by atoms with Crippen LogP contribution in [0, 0.1) is 11.3 Å². The normalized spacial score (nSPS) is 11.7. The Morgan fingerprint density at radius 2 is 2.06 bits per heavy atom. The van der Waals surface area contributed by atoms with E-state index in [1.807, 2.05) is 6.07 Å². The molecular weight excluding hydrogens is 234 g/mol. The van der Waals surface area contributed by atoms with E-state index < -0.39 is 22.7 Å². The summed E-state index contributed by atoms with van der Waals surface area (Å²) >= 11 is 0. The van der Waals surface area contributed by atoms with Crippen molar-refractivity contribution < 1.29 is 18.3 Å². The van der Waals surface area contributed by atoms with Crippen molar-refractivity contribution in [2.24, 2.45) is 0 Å². The molecule has 7 nitrogen and oxygen atoms in total. The molecule has 0 aromatic heterocycles. The Kier molecular flexibility index (Phi) is 5.95. The third-order valence-corrected chi connectivity index (χ3v) is 3.91. The van der Waals surface area contributed by atoms with E-state index in [-0.39, 0.29) is 19.5 Å². The molecule has 0 radical (unpaired) electrons. The van der Waals surface area contributed by atoms with E-state index >= 15 is 0 Å². The number of nitrogens with zero attached hydrogens (tertiary/aromatic N) is 3. The fraction of sp³-hybridized carbons (Fsp3) is 0.750. The molecule has 0 amide bonds. The van der Waals surface area contributed by atoms with Gasteiger partial charge in [-0.2, -0.15) is 22.3 Å². The van der Waals surface area contributed by atoms with Crippen LogP contribution in [-0.4, -0.2) is 54.8 Å². The first kappa shape index (κ1) is 14.8. The van der Waals surface area contributed by atoms with Crippen LogP contribution in [0.15, 0.2) is 0 Å². The standard InChI is InChI=1S/C8H15N3O4S/c1-3-11(6-4-5-9)16(14,15)10(2)7-8(12)13/h3-4,6-7H2,1-2H3,(H,12,13). The maximum atomic E-state index is 11.8. The van der Waals surface area contributed by atoms with Gasteiger partial charge in [-0.05, 0) is 0 Å². The number of aliphatic carboxylic acids is 1. The summed E-state index contributed by atoms with van der Waals surface area (Å²) in [4.78, 5) is 10.4. The predicted octanol–water partition coefficient (Wildman–Crippen LogP) is -0.517. The quantitative estimate of drug-likeness (QED) is 0.654. The molecule has 92 valence electrons. The molecule has 8 heteroatoms. The van der Waals surface area contributed by atoms with E-state index in [0.29, 0.717) is 0 Å². The van der Waals surface area contributed by atoms with Crippen LogP contribution in [0.3, 0.4) is 0 Å². The SMILES string of the molecule is CCN(CCC#N)S(=O)(=O)N(C)CC(=O)O. The van der Waals surface area contributed by atoms with Crippen LogP contribution in [0.1, 0.15) is 13.3 Å². The summed E-state index contributed by atoms with van der Waals surface area (Å²) in [6.07, 6.45) is 0.0774. The van der Waals surface area contributed by atoms with Gasteiger partial charge in [-0.15, -0.1) is 0 Å². The van der Waals surface area contributed by atoms with E-state index in [9.17, 15) is 13.2 Å². The second-order valence-electron chi connectivity index (χ2n) is 3.06. The lowest BCUT2D eigenvalue weighted by Gasteiger charge is -2.24. The topological polar surface area (TPSA) is 102 Å². The van der Waals surface area contributed by atoms with Crippen molar-refractivity contribution in [2.75, 3.05) is 26.7 Å². The Labute approximate surface area is 95.1 Å². The summed E-state index contributed by atoms with van der Waals surface area (Å²) in [7, 11) is -2.59. The number of nitriles is 1. The van der Waals surface area contributed by atoms with Gasteiger partial charge in [-0.1, -0.05) is 6.92 Å². The first-order chi connectivity index (χ1) is 7.36. The molecule has 0 saturated carbocycles. The van der Waals surface area contributed by atoms with Gasteiger partial charge in [-0.3, -0.25) is 4.79 Å². The number of rotatable bonds is 7. The minimum atomic E-state index is -3.78. The number of carbonyl (C=O) groups is 1. The zero-order chi connectivity index (χ0) is 12.8. The van der Waals surface area contributed by atoms with Gasteiger partial charge in [0.2, 0.25) is 0 Å². The molecule has 0 aliphatic carbocycles. The highest BCUT2D eigenvalue weighted by molar-refractivity contribution is 7.86. The van der Waals surface area contributed by atoms with Crippen LogP contribution in [0.5, 0.6) is 0 Å². The van der Waals surface area contributed by atoms with Gasteiger partial charge < -0.3 is 5.11 Å². The molecule has 0 aliphatic heterocycles. The van der Waals surface area contributed by atoms with Crippen LogP contribution in [-0.2, 0) is 15.0 Å². The zero-order valence-corrected chi connectivity index (χ0v) is 10.1. The Morgan fingerprint density at radius 1 is 1.50 bits per heavy atom. The molecule has 0 aliphatic rings. The first-order valence-corrected chi connectivity index (χ1v) is 6.06. The van der Waals surface area contributed by atoms with Crippen LogP contribution >= 0.6 is 0 Å². The highest BCUT2D eigenvalue weighted by Crippen LogP contribution is 2.06. The van der Waals surface area contributed by atoms with Crippen LogP contribution < -0.4 is 0 Å². The Hall–Kier alpha value is -1.17. The molecule has 0 saturated heterocycles. The largest absolute Gasteiger partial charge is 0.480 e. The van der Waals surface area contributed by atoms with Crippen molar-refractivity contribution in [3.8, 4) is 6.07 Å². The molecule has 16 heavy (non-hydrogen) atoms. The fourth-order valence-corrected chi connectivity index (χ4v) is 2.40. The van der Waals surface area contributed by atoms with E-state index in [2.05, 4.69) is 0 Å². The molecule has 0 fully saturated rings. The molecular formula is C8H15N3O4S. The van der Waals surface area contributed by atoms with E-state index in [4.69, 9.17) is 10.4 Å². The second kappa shape index (κ2) is 6.42. The van der Waals surface area contributed by atoms with Crippen molar-refractivity contribution in [3.63, 3.8) is 0 Å². The van der Waals surface area contributed by atoms with Crippen molar-refractivity contribution in [3.05, 3.63) is 0 Å². The predicted molar refractivity (Wildman–Crippen MR) is 56.7 cm³/mol. The lowest BCUT2D eigenvalue weighted by atomic mass is 10.5. The Balaban J connectivity index is 4.73.